The SMILES string of the molecule is CC1=CC=CCC1c1cc(-c2ccc(N(c3ccc(-c4c(O)c(O)c(O)c5c(O)c(O)c(O)c(O)c45)cc3)c3cccc4ccccc34)cc2)ccc1C.Cc1ccccc1. The summed E-state index contributed by atoms with van der Waals surface area (Å²) in [5.74, 6) is -6.40. The van der Waals surface area contributed by atoms with E-state index in [-0.39, 0.29) is 16.5 Å². The number of aryl methyl sites for hydroxylation is 2. The molecule has 0 bridgehead atoms. The Morgan fingerprint density at radius 2 is 1.05 bits per heavy atom. The molecule has 9 rings (SSSR count). The summed E-state index contributed by atoms with van der Waals surface area (Å²) in [6.07, 6.45) is 7.51. The van der Waals surface area contributed by atoms with E-state index in [1.165, 1.54) is 22.3 Å². The molecule has 0 saturated carbocycles. The van der Waals surface area contributed by atoms with Crippen molar-refractivity contribution in [2.45, 2.75) is 33.1 Å². The Morgan fingerprint density at radius 3 is 1.67 bits per heavy atom. The molecule has 0 aromatic heterocycles. The number of rotatable bonds is 6. The summed E-state index contributed by atoms with van der Waals surface area (Å²) >= 11 is 0. The molecule has 8 aromatic carbocycles. The van der Waals surface area contributed by atoms with Crippen LogP contribution in [0.5, 0.6) is 40.2 Å². The molecule has 1 unspecified atom stereocenters. The van der Waals surface area contributed by atoms with E-state index in [2.05, 4.69) is 117 Å². The molecule has 7 N–H and O–H groups in total. The fourth-order valence-electron chi connectivity index (χ4n) is 8.17. The normalized spacial score (nSPS) is 13.4. The quantitative estimate of drug-likeness (QED) is 0.0650. The molecule has 0 radical (unpaired) electrons. The number of anilines is 3. The molecule has 1 aliphatic carbocycles. The van der Waals surface area contributed by atoms with Crippen LogP contribution < -0.4 is 4.90 Å². The van der Waals surface area contributed by atoms with Gasteiger partial charge in [0.25, 0.3) is 0 Å². The highest BCUT2D eigenvalue weighted by atomic mass is 16.3. The molecular weight excluding hydrogens is 763 g/mol. The Hall–Kier alpha value is -7.84. The zero-order valence-corrected chi connectivity index (χ0v) is 33.9. The summed E-state index contributed by atoms with van der Waals surface area (Å²) in [4.78, 5) is 2.11. The molecule has 0 heterocycles. The number of phenolic OH excluding ortho intramolecular Hbond substituents is 7. The highest BCUT2D eigenvalue weighted by Crippen LogP contribution is 2.59. The molecule has 1 atom stereocenters. The number of phenols is 7. The van der Waals surface area contributed by atoms with Gasteiger partial charge in [-0.3, -0.25) is 0 Å². The van der Waals surface area contributed by atoms with Crippen LogP contribution in [0.25, 0.3) is 43.8 Å². The van der Waals surface area contributed by atoms with Gasteiger partial charge < -0.3 is 40.6 Å². The fourth-order valence-corrected chi connectivity index (χ4v) is 8.17. The second kappa shape index (κ2) is 16.4. The Morgan fingerprint density at radius 1 is 0.492 bits per heavy atom. The zero-order chi connectivity index (χ0) is 42.9. The number of aromatic hydroxyl groups is 7. The van der Waals surface area contributed by atoms with E-state index in [0.29, 0.717) is 5.92 Å². The van der Waals surface area contributed by atoms with Crippen molar-refractivity contribution in [3.8, 4) is 62.5 Å². The first-order chi connectivity index (χ1) is 29.4. The lowest BCUT2D eigenvalue weighted by molar-refractivity contribution is 0.347. The number of nitrogens with zero attached hydrogens (tertiary/aromatic N) is 1. The van der Waals surface area contributed by atoms with E-state index < -0.39 is 45.6 Å². The molecule has 304 valence electrons. The van der Waals surface area contributed by atoms with Crippen molar-refractivity contribution in [1.82, 2.24) is 0 Å². The Kier molecular flexibility index (Phi) is 10.8. The van der Waals surface area contributed by atoms with E-state index >= 15 is 0 Å². The van der Waals surface area contributed by atoms with E-state index in [9.17, 15) is 35.7 Å². The van der Waals surface area contributed by atoms with Crippen LogP contribution in [0.3, 0.4) is 0 Å². The molecule has 0 fully saturated rings. The molecule has 1 aliphatic rings. The monoisotopic (exact) mass is 807 g/mol. The van der Waals surface area contributed by atoms with Gasteiger partial charge in [0.1, 0.15) is 0 Å². The summed E-state index contributed by atoms with van der Waals surface area (Å²) in [5.41, 5.74) is 10.1. The summed E-state index contributed by atoms with van der Waals surface area (Å²) in [5, 5.41) is 75.4. The maximum atomic E-state index is 11.0. The van der Waals surface area contributed by atoms with Gasteiger partial charge in [0.2, 0.25) is 17.2 Å². The van der Waals surface area contributed by atoms with E-state index in [1.807, 2.05) is 42.5 Å². The summed E-state index contributed by atoms with van der Waals surface area (Å²) in [7, 11) is 0. The van der Waals surface area contributed by atoms with Crippen molar-refractivity contribution in [2.24, 2.45) is 0 Å². The molecule has 8 nitrogen and oxygen atoms in total. The van der Waals surface area contributed by atoms with Crippen LogP contribution in [0, 0.1) is 13.8 Å². The number of hydrogen-bond acceptors (Lipinski definition) is 8. The number of benzene rings is 8. The van der Waals surface area contributed by atoms with Gasteiger partial charge in [-0.25, -0.2) is 0 Å². The van der Waals surface area contributed by atoms with Gasteiger partial charge in [-0.1, -0.05) is 139 Å². The van der Waals surface area contributed by atoms with Crippen molar-refractivity contribution in [3.63, 3.8) is 0 Å². The Balaban J connectivity index is 0.000000668. The molecule has 8 heteroatoms. The van der Waals surface area contributed by atoms with E-state index in [4.69, 9.17) is 0 Å². The van der Waals surface area contributed by atoms with Crippen molar-refractivity contribution in [1.29, 1.82) is 0 Å². The first kappa shape index (κ1) is 40.0. The fraction of sp³-hybridized carbons (Fsp3) is 0.0943. The second-order valence-corrected chi connectivity index (χ2v) is 15.3. The summed E-state index contributed by atoms with van der Waals surface area (Å²) in [6.45, 7) is 6.44. The van der Waals surface area contributed by atoms with E-state index in [0.717, 1.165) is 45.4 Å². The minimum Gasteiger partial charge on any atom is -0.504 e. The maximum absolute atomic E-state index is 11.0. The lowest BCUT2D eigenvalue weighted by Crippen LogP contribution is -2.10. The highest BCUT2D eigenvalue weighted by molar-refractivity contribution is 6.13. The predicted molar refractivity (Wildman–Crippen MR) is 245 cm³/mol. The van der Waals surface area contributed by atoms with Crippen LogP contribution in [0.15, 0.2) is 163 Å². The van der Waals surface area contributed by atoms with Crippen LogP contribution in [0.2, 0.25) is 0 Å². The van der Waals surface area contributed by atoms with Crippen molar-refractivity contribution in [3.05, 3.63) is 180 Å². The van der Waals surface area contributed by atoms with Gasteiger partial charge in [-0.2, -0.15) is 0 Å². The highest BCUT2D eigenvalue weighted by Gasteiger charge is 2.29. The van der Waals surface area contributed by atoms with Gasteiger partial charge in [0, 0.05) is 33.6 Å². The molecule has 61 heavy (non-hydrogen) atoms. The van der Waals surface area contributed by atoms with Crippen LogP contribution in [0.1, 0.15) is 36.0 Å². The zero-order valence-electron chi connectivity index (χ0n) is 33.9. The third-order valence-electron chi connectivity index (χ3n) is 11.5. The molecule has 0 spiro atoms. The third kappa shape index (κ3) is 7.40. The molecule has 8 aromatic rings. The minimum atomic E-state index is -1.09. The van der Waals surface area contributed by atoms with Gasteiger partial charge >= 0.3 is 0 Å². The predicted octanol–water partition coefficient (Wildman–Crippen LogP) is 13.0. The average Bonchev–Trinajstić information content (AvgIpc) is 3.28. The van der Waals surface area contributed by atoms with Gasteiger partial charge in [0.05, 0.1) is 11.1 Å². The third-order valence-corrected chi connectivity index (χ3v) is 11.5. The second-order valence-electron chi connectivity index (χ2n) is 15.3. The van der Waals surface area contributed by atoms with Crippen LogP contribution in [-0.4, -0.2) is 35.7 Å². The van der Waals surface area contributed by atoms with Crippen molar-refractivity contribution >= 4 is 38.6 Å². The topological polar surface area (TPSA) is 145 Å². The minimum absolute atomic E-state index is 0.177. The lowest BCUT2D eigenvalue weighted by Gasteiger charge is -2.27. The van der Waals surface area contributed by atoms with Crippen molar-refractivity contribution < 1.29 is 35.7 Å². The standard InChI is InChI=1S/C46H37NO7.C7H8/c1-25-8-3-5-11-33(25)35-24-30(15-14-26(35)2)27-16-20-31(21-17-27)47(36-13-7-10-28-9-4-6-12-34(28)36)32-22-18-29(19-23-32)37-38-39(42(50)44(52)40(37)48)43(51)46(54)45(53)41(38)49;1-7-5-3-2-4-6-7/h3-10,12-24,33,48-54H,11H2,1-2H3;2-6H,1H3. The van der Waals surface area contributed by atoms with Gasteiger partial charge in [0.15, 0.2) is 23.0 Å². The number of fused-ring (bicyclic) bond motifs is 2. The molecule has 0 saturated heterocycles. The lowest BCUT2D eigenvalue weighted by atomic mass is 9.83. The average molecular weight is 808 g/mol. The van der Waals surface area contributed by atoms with Crippen LogP contribution >= 0.6 is 0 Å². The smallest absolute Gasteiger partial charge is 0.205 e. The first-order valence-electron chi connectivity index (χ1n) is 19.9. The Bertz CT molecular complexity index is 2980. The summed E-state index contributed by atoms with van der Waals surface area (Å²) in [6, 6.07) is 46.4. The van der Waals surface area contributed by atoms with Crippen molar-refractivity contribution in [2.75, 3.05) is 4.90 Å². The largest absolute Gasteiger partial charge is 0.504 e. The molecular formula is C53H45NO7. The number of allylic oxidation sites excluding steroid dienone is 4. The first-order valence-corrected chi connectivity index (χ1v) is 19.9. The number of hydrogen-bond donors (Lipinski definition) is 7. The maximum Gasteiger partial charge on any atom is 0.205 e. The van der Waals surface area contributed by atoms with Crippen LogP contribution in [0.4, 0.5) is 17.1 Å². The van der Waals surface area contributed by atoms with E-state index in [1.54, 1.807) is 24.3 Å². The Labute approximate surface area is 353 Å². The van der Waals surface area contributed by atoms with Crippen LogP contribution in [-0.2, 0) is 0 Å². The summed E-state index contributed by atoms with van der Waals surface area (Å²) < 4.78 is 0. The molecule has 0 amide bonds. The van der Waals surface area contributed by atoms with Gasteiger partial charge in [-0.05, 0) is 90.7 Å². The van der Waals surface area contributed by atoms with Gasteiger partial charge in [-0.15, -0.1) is 0 Å². The molecule has 0 aliphatic heterocycles.